The minimum absolute atomic E-state index is 0.0155. The van der Waals surface area contributed by atoms with Crippen molar-refractivity contribution in [2.24, 2.45) is 26.8 Å². The summed E-state index contributed by atoms with van der Waals surface area (Å²) in [6.45, 7) is 12.4. The highest BCUT2D eigenvalue weighted by Gasteiger charge is 2.41. The van der Waals surface area contributed by atoms with Gasteiger partial charge in [-0.3, -0.25) is 9.59 Å². The number of aliphatic hydroxyl groups is 1. The molecule has 5 aliphatic heterocycles. The van der Waals surface area contributed by atoms with E-state index in [0.717, 1.165) is 119 Å². The third kappa shape index (κ3) is 10.2. The maximum atomic E-state index is 13.4. The summed E-state index contributed by atoms with van der Waals surface area (Å²) in [4.78, 5) is 40.5. The lowest BCUT2D eigenvalue weighted by Gasteiger charge is -2.17. The van der Waals surface area contributed by atoms with Gasteiger partial charge in [-0.1, -0.05) is 77.2 Å². The third-order valence-corrected chi connectivity index (χ3v) is 12.4. The van der Waals surface area contributed by atoms with Crippen LogP contribution in [0.1, 0.15) is 151 Å². The Labute approximate surface area is 351 Å². The maximum absolute atomic E-state index is 13.4. The summed E-state index contributed by atoms with van der Waals surface area (Å²) in [6, 6.07) is 0. The molecule has 0 radical (unpaired) electrons. The fourth-order valence-corrected chi connectivity index (χ4v) is 8.86. The highest BCUT2D eigenvalue weighted by molar-refractivity contribution is 6.21. The molecule has 0 unspecified atom stereocenters. The highest BCUT2D eigenvalue weighted by Crippen LogP contribution is 2.46. The summed E-state index contributed by atoms with van der Waals surface area (Å²) >= 11 is 0. The van der Waals surface area contributed by atoms with E-state index in [1.807, 2.05) is 32.1 Å². The molecule has 1 aliphatic carbocycles. The summed E-state index contributed by atoms with van der Waals surface area (Å²) in [7, 11) is 0. The van der Waals surface area contributed by atoms with E-state index in [0.29, 0.717) is 36.4 Å². The van der Waals surface area contributed by atoms with Crippen molar-refractivity contribution >= 4 is 29.1 Å². The number of carbonyl (C=O) groups is 2. The summed E-state index contributed by atoms with van der Waals surface area (Å²) in [6.07, 6.45) is 30.6. The lowest BCUT2D eigenvalue weighted by Crippen LogP contribution is -2.15. The van der Waals surface area contributed by atoms with Crippen molar-refractivity contribution in [1.82, 2.24) is 5.32 Å². The number of aliphatic carboxylic acids is 1. The molecule has 6 rings (SSSR count). The minimum atomic E-state index is -0.850. The molecule has 0 aromatic rings. The van der Waals surface area contributed by atoms with Gasteiger partial charge in [0.05, 0.1) is 28.5 Å². The van der Waals surface area contributed by atoms with E-state index in [1.54, 1.807) is 0 Å². The first-order chi connectivity index (χ1) is 28.5. The number of allylic oxidation sites excluding steroid dienone is 15. The normalized spacial score (nSPS) is 21.3. The molecule has 59 heavy (non-hydrogen) atoms. The summed E-state index contributed by atoms with van der Waals surface area (Å²) < 4.78 is 6.18. The van der Waals surface area contributed by atoms with Gasteiger partial charge >= 0.3 is 11.9 Å². The average Bonchev–Trinajstić information content (AvgIpc) is 3.96. The lowest BCUT2D eigenvalue weighted by molar-refractivity contribution is -0.139. The van der Waals surface area contributed by atoms with Crippen LogP contribution in [0, 0.1) is 11.8 Å². The first-order valence-corrected chi connectivity index (χ1v) is 22.2. The number of hydrogen-bond donors (Lipinski definition) is 3. The first kappa shape index (κ1) is 43.5. The standard InChI is InChI=1S/C50H64N4O5/c1-7-9-10-11-12-13-14-15-16-17-18-19-20-21-22-23-24-46(58)59-50-34(6)41-28-39-32(4)36(25-26-45(56)57)48(53-39)37-27-44(55)47-33(5)40(54-49(37)47)29-42-35(8-2)31(3)38(51-42)30-43(50)52-41/h11-12,16-17,28-30,32,36,53,55H,7-10,13-15,18-27H2,1-6H3,(H,56,57)/b12-11+,17-16+,39-28?,42-29?,43-30?,48-37?/t32-,36-/m0/s1. The van der Waals surface area contributed by atoms with Crippen molar-refractivity contribution in [3.05, 3.63) is 116 Å². The largest absolute Gasteiger partial charge is 0.511 e. The number of aliphatic imine (C=N–C) groups is 3. The van der Waals surface area contributed by atoms with Crippen LogP contribution in [0.5, 0.6) is 0 Å². The van der Waals surface area contributed by atoms with Crippen molar-refractivity contribution in [3.8, 4) is 0 Å². The Bertz CT molecular complexity index is 2120. The molecule has 0 aromatic carbocycles. The number of esters is 1. The van der Waals surface area contributed by atoms with Gasteiger partial charge in [-0.15, -0.1) is 0 Å². The molecule has 9 nitrogen and oxygen atoms in total. The van der Waals surface area contributed by atoms with Gasteiger partial charge in [0, 0.05) is 59.2 Å². The zero-order chi connectivity index (χ0) is 42.1. The van der Waals surface area contributed by atoms with Crippen molar-refractivity contribution < 1.29 is 24.5 Å². The van der Waals surface area contributed by atoms with Crippen molar-refractivity contribution in [1.29, 1.82) is 0 Å². The molecule has 8 bridgehead atoms. The topological polar surface area (TPSA) is 133 Å². The number of carboxylic acid groups (broad SMARTS) is 1. The molecule has 1 fully saturated rings. The fraction of sp³-hybridized carbons (Fsp3) is 0.500. The van der Waals surface area contributed by atoms with Crippen molar-refractivity contribution in [3.63, 3.8) is 0 Å². The zero-order valence-electron chi connectivity index (χ0n) is 36.2. The van der Waals surface area contributed by atoms with Crippen molar-refractivity contribution in [2.75, 3.05) is 0 Å². The monoisotopic (exact) mass is 800 g/mol. The molecular weight excluding hydrogens is 737 g/mol. The Morgan fingerprint density at radius 1 is 0.797 bits per heavy atom. The van der Waals surface area contributed by atoms with Gasteiger partial charge in [0.25, 0.3) is 0 Å². The van der Waals surface area contributed by atoms with E-state index in [2.05, 4.69) is 57.3 Å². The molecule has 0 spiro atoms. The Morgan fingerprint density at radius 3 is 2.17 bits per heavy atom. The molecular formula is C50H64N4O5. The van der Waals surface area contributed by atoms with E-state index in [4.69, 9.17) is 19.7 Å². The van der Waals surface area contributed by atoms with Crippen LogP contribution in [0.25, 0.3) is 0 Å². The van der Waals surface area contributed by atoms with E-state index in [1.165, 1.54) is 32.1 Å². The molecule has 6 aliphatic rings. The maximum Gasteiger partial charge on any atom is 0.311 e. The minimum Gasteiger partial charge on any atom is -0.511 e. The second-order valence-corrected chi connectivity index (χ2v) is 16.7. The lowest BCUT2D eigenvalue weighted by atomic mass is 9.86. The molecule has 314 valence electrons. The molecule has 5 heterocycles. The van der Waals surface area contributed by atoms with Gasteiger partial charge in [0.2, 0.25) is 0 Å². The van der Waals surface area contributed by atoms with E-state index in [-0.39, 0.29) is 30.0 Å². The number of nitrogens with zero attached hydrogens (tertiary/aromatic N) is 3. The summed E-state index contributed by atoms with van der Waals surface area (Å²) in [5, 5.41) is 24.6. The van der Waals surface area contributed by atoms with Gasteiger partial charge in [-0.2, -0.15) is 0 Å². The van der Waals surface area contributed by atoms with E-state index >= 15 is 0 Å². The smallest absolute Gasteiger partial charge is 0.311 e. The predicted molar refractivity (Wildman–Crippen MR) is 239 cm³/mol. The van der Waals surface area contributed by atoms with Gasteiger partial charge < -0.3 is 20.3 Å². The van der Waals surface area contributed by atoms with Crippen LogP contribution in [0.3, 0.4) is 0 Å². The molecule has 0 amide bonds. The number of rotatable bonds is 20. The zero-order valence-corrected chi connectivity index (χ0v) is 36.2. The number of carbonyl (C=O) groups excluding carboxylic acids is 1. The van der Waals surface area contributed by atoms with Gasteiger partial charge in [-0.25, -0.2) is 15.0 Å². The Hall–Kier alpha value is -5.05. The number of fused-ring (bicyclic) bond motifs is 5. The molecule has 0 saturated carbocycles. The third-order valence-electron chi connectivity index (χ3n) is 12.4. The number of hydrogen-bond acceptors (Lipinski definition) is 8. The van der Waals surface area contributed by atoms with Crippen LogP contribution in [0.4, 0.5) is 0 Å². The second kappa shape index (κ2) is 20.3. The van der Waals surface area contributed by atoms with Gasteiger partial charge in [0.1, 0.15) is 11.5 Å². The first-order valence-electron chi connectivity index (χ1n) is 22.2. The van der Waals surface area contributed by atoms with Crippen LogP contribution in [-0.2, 0) is 14.3 Å². The number of aliphatic hydroxyl groups excluding tert-OH is 1. The summed E-state index contributed by atoms with van der Waals surface area (Å²) in [5.41, 5.74) is 11.5. The number of carboxylic acids is 1. The molecule has 9 heteroatoms. The van der Waals surface area contributed by atoms with Crippen molar-refractivity contribution in [2.45, 2.75) is 151 Å². The quantitative estimate of drug-likeness (QED) is 0.0638. The SMILES string of the molecule is CCCC/C=C/CCC/C=C/CCCCCCCC(=O)OC1=C(C)C2=NC1=CC1=NC(=CC3=C(C)C4=C(O)CC(=C5NC(=C2)[C@@H](C)[C@@H]5CCC(=O)O)C4=N3)C(CC)=C1C. The number of unbranched alkanes of at least 4 members (excludes halogenated alkanes) is 9. The summed E-state index contributed by atoms with van der Waals surface area (Å²) in [5.74, 6) is -0.598. The van der Waals surface area contributed by atoms with Crippen LogP contribution in [0.15, 0.2) is 131 Å². The van der Waals surface area contributed by atoms with Crippen LogP contribution >= 0.6 is 0 Å². The Balaban J connectivity index is 1.17. The predicted octanol–water partition coefficient (Wildman–Crippen LogP) is 12.2. The highest BCUT2D eigenvalue weighted by atomic mass is 16.5. The Morgan fingerprint density at radius 2 is 1.46 bits per heavy atom. The fourth-order valence-electron chi connectivity index (χ4n) is 8.86. The number of ether oxygens (including phenoxy) is 1. The van der Waals surface area contributed by atoms with Crippen LogP contribution in [-0.4, -0.2) is 39.3 Å². The molecule has 2 atom stereocenters. The molecule has 1 saturated heterocycles. The second-order valence-electron chi connectivity index (χ2n) is 16.7. The van der Waals surface area contributed by atoms with Crippen LogP contribution in [0.2, 0.25) is 0 Å². The Kier molecular flexibility index (Phi) is 15.0. The van der Waals surface area contributed by atoms with Gasteiger partial charge in [0.15, 0.2) is 5.76 Å². The van der Waals surface area contributed by atoms with E-state index < -0.39 is 5.97 Å². The number of nitrogens with one attached hydrogen (secondary N) is 1. The average molecular weight is 801 g/mol. The molecule has 0 aromatic heterocycles. The van der Waals surface area contributed by atoms with E-state index in [9.17, 15) is 19.8 Å². The van der Waals surface area contributed by atoms with Crippen LogP contribution < -0.4 is 5.32 Å². The molecule has 3 N–H and O–H groups in total. The van der Waals surface area contributed by atoms with Gasteiger partial charge in [-0.05, 0) is 114 Å².